The van der Waals surface area contributed by atoms with E-state index in [1.54, 1.807) is 43.6 Å². The Hall–Kier alpha value is -2.09. The zero-order chi connectivity index (χ0) is 17.9. The predicted molar refractivity (Wildman–Crippen MR) is 99.6 cm³/mol. The lowest BCUT2D eigenvalue weighted by molar-refractivity contribution is 0.600. The third kappa shape index (κ3) is 4.31. The standard InChI is InChI=1S/C17H14ClN3O2S2/c1-12-14(18)5-4-6-15(12)25(22,23)21-13-8-10-20-17(11-13)24-16-7-2-3-9-19-16/h2-11H,1H3,(H,20,21). The first-order valence-corrected chi connectivity index (χ1v) is 9.96. The zero-order valence-corrected chi connectivity index (χ0v) is 15.6. The lowest BCUT2D eigenvalue weighted by Gasteiger charge is -2.11. The summed E-state index contributed by atoms with van der Waals surface area (Å²) in [7, 11) is -3.74. The maximum absolute atomic E-state index is 12.6. The third-order valence-electron chi connectivity index (χ3n) is 3.34. The van der Waals surface area contributed by atoms with Gasteiger partial charge in [-0.05, 0) is 48.9 Å². The molecular formula is C17H14ClN3O2S2. The highest BCUT2D eigenvalue weighted by atomic mass is 35.5. The number of nitrogens with one attached hydrogen (secondary N) is 1. The SMILES string of the molecule is Cc1c(Cl)cccc1S(=O)(=O)Nc1ccnc(Sc2ccccn2)c1. The molecule has 0 spiro atoms. The Bertz CT molecular complexity index is 996. The molecule has 0 aliphatic heterocycles. The summed E-state index contributed by atoms with van der Waals surface area (Å²) in [6.45, 7) is 1.67. The van der Waals surface area contributed by atoms with Gasteiger partial charge in [0.25, 0.3) is 10.0 Å². The number of halogens is 1. The van der Waals surface area contributed by atoms with Gasteiger partial charge in [0.1, 0.15) is 10.1 Å². The summed E-state index contributed by atoms with van der Waals surface area (Å²) in [6, 6.07) is 13.6. The van der Waals surface area contributed by atoms with E-state index < -0.39 is 10.0 Å². The van der Waals surface area contributed by atoms with Crippen molar-refractivity contribution in [1.29, 1.82) is 0 Å². The van der Waals surface area contributed by atoms with Gasteiger partial charge in [0.05, 0.1) is 10.6 Å². The fourth-order valence-corrected chi connectivity index (χ4v) is 4.45. The largest absolute Gasteiger partial charge is 0.279 e. The van der Waals surface area contributed by atoms with Crippen LogP contribution < -0.4 is 4.72 Å². The van der Waals surface area contributed by atoms with Crippen molar-refractivity contribution in [3.63, 3.8) is 0 Å². The van der Waals surface area contributed by atoms with E-state index in [1.807, 2.05) is 18.2 Å². The van der Waals surface area contributed by atoms with Crippen molar-refractivity contribution in [3.8, 4) is 0 Å². The molecule has 0 amide bonds. The second-order valence-corrected chi connectivity index (χ2v) is 8.22. The summed E-state index contributed by atoms with van der Waals surface area (Å²) >= 11 is 7.38. The molecule has 3 aromatic rings. The van der Waals surface area contributed by atoms with E-state index >= 15 is 0 Å². The van der Waals surface area contributed by atoms with Gasteiger partial charge >= 0.3 is 0 Å². The average Bonchev–Trinajstić information content (AvgIpc) is 2.58. The monoisotopic (exact) mass is 391 g/mol. The summed E-state index contributed by atoms with van der Waals surface area (Å²) < 4.78 is 27.8. The molecule has 0 saturated carbocycles. The molecular weight excluding hydrogens is 378 g/mol. The zero-order valence-electron chi connectivity index (χ0n) is 13.2. The van der Waals surface area contributed by atoms with Crippen LogP contribution in [-0.4, -0.2) is 18.4 Å². The third-order valence-corrected chi connectivity index (χ3v) is 6.16. The van der Waals surface area contributed by atoms with Gasteiger partial charge in [-0.25, -0.2) is 18.4 Å². The van der Waals surface area contributed by atoms with Crippen LogP contribution in [-0.2, 0) is 10.0 Å². The summed E-state index contributed by atoms with van der Waals surface area (Å²) in [5.74, 6) is 0. The molecule has 2 heterocycles. The Morgan fingerprint density at radius 2 is 1.80 bits per heavy atom. The Balaban J connectivity index is 1.85. The second-order valence-electron chi connectivity index (χ2n) is 5.12. The van der Waals surface area contributed by atoms with Gasteiger partial charge in [0.2, 0.25) is 0 Å². The fraction of sp³-hybridized carbons (Fsp3) is 0.0588. The highest BCUT2D eigenvalue weighted by Gasteiger charge is 2.18. The van der Waals surface area contributed by atoms with Gasteiger partial charge in [0, 0.05) is 17.4 Å². The number of anilines is 1. The molecule has 3 rings (SSSR count). The van der Waals surface area contributed by atoms with Crippen LogP contribution >= 0.6 is 23.4 Å². The molecule has 0 radical (unpaired) electrons. The lowest BCUT2D eigenvalue weighted by Crippen LogP contribution is -2.14. The molecule has 2 aromatic heterocycles. The van der Waals surface area contributed by atoms with E-state index in [4.69, 9.17) is 11.6 Å². The lowest BCUT2D eigenvalue weighted by atomic mass is 10.2. The molecule has 1 aromatic carbocycles. The van der Waals surface area contributed by atoms with Crippen molar-refractivity contribution in [2.45, 2.75) is 21.9 Å². The van der Waals surface area contributed by atoms with Gasteiger partial charge in [-0.1, -0.05) is 35.5 Å². The molecule has 0 fully saturated rings. The summed E-state index contributed by atoms with van der Waals surface area (Å²) in [5.41, 5.74) is 0.932. The highest BCUT2D eigenvalue weighted by molar-refractivity contribution is 7.99. The maximum atomic E-state index is 12.6. The molecule has 0 aliphatic carbocycles. The highest BCUT2D eigenvalue weighted by Crippen LogP contribution is 2.28. The Kier molecular flexibility index (Phi) is 5.27. The molecule has 0 saturated heterocycles. The van der Waals surface area contributed by atoms with Crippen molar-refractivity contribution < 1.29 is 8.42 Å². The fourth-order valence-electron chi connectivity index (χ4n) is 2.13. The van der Waals surface area contributed by atoms with E-state index in [2.05, 4.69) is 14.7 Å². The number of hydrogen-bond acceptors (Lipinski definition) is 5. The van der Waals surface area contributed by atoms with Crippen LogP contribution in [0.3, 0.4) is 0 Å². The predicted octanol–water partition coefficient (Wildman–Crippen LogP) is 4.39. The number of sulfonamides is 1. The molecule has 8 heteroatoms. The van der Waals surface area contributed by atoms with Gasteiger partial charge in [-0.15, -0.1) is 0 Å². The summed E-state index contributed by atoms with van der Waals surface area (Å²) in [4.78, 5) is 8.60. The van der Waals surface area contributed by atoms with Crippen molar-refractivity contribution in [1.82, 2.24) is 9.97 Å². The number of benzene rings is 1. The number of pyridine rings is 2. The van der Waals surface area contributed by atoms with Gasteiger partial charge < -0.3 is 0 Å². The van der Waals surface area contributed by atoms with Crippen LogP contribution in [0, 0.1) is 6.92 Å². The van der Waals surface area contributed by atoms with Gasteiger partial charge in [-0.3, -0.25) is 4.72 Å². The molecule has 25 heavy (non-hydrogen) atoms. The van der Waals surface area contributed by atoms with Crippen molar-refractivity contribution >= 4 is 39.1 Å². The maximum Gasteiger partial charge on any atom is 0.262 e. The number of nitrogens with zero attached hydrogens (tertiary/aromatic N) is 2. The van der Waals surface area contributed by atoms with Crippen molar-refractivity contribution in [3.05, 3.63) is 71.5 Å². The first-order valence-electron chi connectivity index (χ1n) is 7.28. The van der Waals surface area contributed by atoms with Crippen molar-refractivity contribution in [2.24, 2.45) is 0 Å². The number of rotatable bonds is 5. The Morgan fingerprint density at radius 1 is 1.00 bits per heavy atom. The number of aromatic nitrogens is 2. The van der Waals surface area contributed by atoms with Crippen LogP contribution in [0.25, 0.3) is 0 Å². The first kappa shape index (κ1) is 17.7. The summed E-state index contributed by atoms with van der Waals surface area (Å²) in [6.07, 6.45) is 3.24. The minimum atomic E-state index is -3.74. The van der Waals surface area contributed by atoms with Crippen LogP contribution in [0.1, 0.15) is 5.56 Å². The molecule has 5 nitrogen and oxygen atoms in total. The van der Waals surface area contributed by atoms with E-state index in [0.717, 1.165) is 5.03 Å². The van der Waals surface area contributed by atoms with Crippen LogP contribution in [0.5, 0.6) is 0 Å². The van der Waals surface area contributed by atoms with Crippen LogP contribution in [0.2, 0.25) is 5.02 Å². The molecule has 0 bridgehead atoms. The molecule has 0 atom stereocenters. The first-order chi connectivity index (χ1) is 12.0. The number of hydrogen-bond donors (Lipinski definition) is 1. The smallest absolute Gasteiger partial charge is 0.262 e. The minimum Gasteiger partial charge on any atom is -0.279 e. The van der Waals surface area contributed by atoms with E-state index in [0.29, 0.717) is 21.3 Å². The topological polar surface area (TPSA) is 72.0 Å². The summed E-state index contributed by atoms with van der Waals surface area (Å²) in [5, 5.41) is 1.83. The molecule has 0 unspecified atom stereocenters. The van der Waals surface area contributed by atoms with Gasteiger partial charge in [-0.2, -0.15) is 0 Å². The van der Waals surface area contributed by atoms with Crippen LogP contribution in [0.4, 0.5) is 5.69 Å². The van der Waals surface area contributed by atoms with E-state index in [-0.39, 0.29) is 4.90 Å². The second kappa shape index (κ2) is 7.43. The quantitative estimate of drug-likeness (QED) is 0.698. The van der Waals surface area contributed by atoms with Gasteiger partial charge in [0.15, 0.2) is 0 Å². The van der Waals surface area contributed by atoms with Crippen LogP contribution in [0.15, 0.2) is 75.9 Å². The Labute approximate surface area is 155 Å². The molecule has 128 valence electrons. The minimum absolute atomic E-state index is 0.149. The molecule has 1 N–H and O–H groups in total. The van der Waals surface area contributed by atoms with E-state index in [9.17, 15) is 8.42 Å². The van der Waals surface area contributed by atoms with Crippen molar-refractivity contribution in [2.75, 3.05) is 4.72 Å². The normalized spacial score (nSPS) is 11.3. The average molecular weight is 392 g/mol. The van der Waals surface area contributed by atoms with E-state index in [1.165, 1.54) is 17.8 Å². The molecule has 0 aliphatic rings. The Morgan fingerprint density at radius 3 is 2.56 bits per heavy atom.